The zero-order valence-corrected chi connectivity index (χ0v) is 11.0. The van der Waals surface area contributed by atoms with E-state index in [0.717, 1.165) is 35.7 Å². The quantitative estimate of drug-likeness (QED) is 0.821. The Hall–Kier alpha value is -0.730. The molecule has 1 rings (SSSR count). The summed E-state index contributed by atoms with van der Waals surface area (Å²) < 4.78 is 5.30. The maximum Gasteiger partial charge on any atom is 0.123 e. The molecule has 1 N–H and O–H groups in total. The van der Waals surface area contributed by atoms with E-state index in [1.54, 1.807) is 7.11 Å². The minimum atomic E-state index is 0.559. The average Bonchev–Trinajstić information content (AvgIpc) is 2.30. The number of nitrogens with one attached hydrogen (secondary N) is 1. The third kappa shape index (κ3) is 3.69. The van der Waals surface area contributed by atoms with Crippen molar-refractivity contribution in [2.75, 3.05) is 7.11 Å². The van der Waals surface area contributed by atoms with Crippen LogP contribution in [0.2, 0.25) is 5.02 Å². The highest BCUT2D eigenvalue weighted by Gasteiger charge is 2.06. The minimum Gasteiger partial charge on any atom is -0.496 e. The average molecular weight is 242 g/mol. The van der Waals surface area contributed by atoms with Crippen molar-refractivity contribution in [1.82, 2.24) is 5.32 Å². The van der Waals surface area contributed by atoms with Crippen molar-refractivity contribution in [3.8, 4) is 5.75 Å². The van der Waals surface area contributed by atoms with Gasteiger partial charge in [0.25, 0.3) is 0 Å². The lowest BCUT2D eigenvalue weighted by atomic mass is 10.1. The minimum absolute atomic E-state index is 0.559. The monoisotopic (exact) mass is 241 g/mol. The summed E-state index contributed by atoms with van der Waals surface area (Å²) in [4.78, 5) is 0. The van der Waals surface area contributed by atoms with Crippen molar-refractivity contribution in [2.24, 2.45) is 0 Å². The standard InChI is InChI=1S/C13H20ClNO/c1-4-12(5-2)15-9-10-8-11(14)6-7-13(10)16-3/h6-8,12,15H,4-5,9H2,1-3H3. The fourth-order valence-electron chi connectivity index (χ4n) is 1.72. The van der Waals surface area contributed by atoms with Gasteiger partial charge in [0.05, 0.1) is 7.11 Å². The molecule has 3 heteroatoms. The zero-order valence-electron chi connectivity index (χ0n) is 10.2. The second kappa shape index (κ2) is 6.77. The van der Waals surface area contributed by atoms with Gasteiger partial charge in [-0.2, -0.15) is 0 Å². The third-order valence-corrected chi connectivity index (χ3v) is 3.04. The van der Waals surface area contributed by atoms with Crippen LogP contribution in [-0.4, -0.2) is 13.2 Å². The molecule has 0 bridgehead atoms. The Labute approximate surface area is 103 Å². The Morgan fingerprint density at radius 2 is 2.00 bits per heavy atom. The van der Waals surface area contributed by atoms with Crippen LogP contribution in [0.15, 0.2) is 18.2 Å². The van der Waals surface area contributed by atoms with Crippen LogP contribution in [-0.2, 0) is 6.54 Å². The summed E-state index contributed by atoms with van der Waals surface area (Å²) in [6.07, 6.45) is 2.28. The van der Waals surface area contributed by atoms with Crippen LogP contribution in [0, 0.1) is 0 Å². The summed E-state index contributed by atoms with van der Waals surface area (Å²) in [7, 11) is 1.68. The van der Waals surface area contributed by atoms with Crippen LogP contribution < -0.4 is 10.1 Å². The predicted molar refractivity (Wildman–Crippen MR) is 69.2 cm³/mol. The Bertz CT molecular complexity index is 324. The van der Waals surface area contributed by atoms with Gasteiger partial charge in [-0.1, -0.05) is 25.4 Å². The molecule has 0 amide bonds. The topological polar surface area (TPSA) is 21.3 Å². The molecule has 0 radical (unpaired) electrons. The van der Waals surface area contributed by atoms with Crippen molar-refractivity contribution in [1.29, 1.82) is 0 Å². The maximum absolute atomic E-state index is 5.97. The first kappa shape index (κ1) is 13.3. The van der Waals surface area contributed by atoms with E-state index in [2.05, 4.69) is 19.2 Å². The van der Waals surface area contributed by atoms with Gasteiger partial charge in [-0.15, -0.1) is 0 Å². The zero-order chi connectivity index (χ0) is 12.0. The smallest absolute Gasteiger partial charge is 0.123 e. The Morgan fingerprint density at radius 3 is 2.56 bits per heavy atom. The lowest BCUT2D eigenvalue weighted by Gasteiger charge is -2.16. The fourth-order valence-corrected chi connectivity index (χ4v) is 1.91. The molecule has 0 spiro atoms. The van der Waals surface area contributed by atoms with Gasteiger partial charge in [-0.25, -0.2) is 0 Å². The largest absolute Gasteiger partial charge is 0.496 e. The normalized spacial score (nSPS) is 10.8. The van der Waals surface area contributed by atoms with Gasteiger partial charge in [0.1, 0.15) is 5.75 Å². The van der Waals surface area contributed by atoms with Gasteiger partial charge in [0.15, 0.2) is 0 Å². The predicted octanol–water partition coefficient (Wildman–Crippen LogP) is 3.63. The molecule has 0 unspecified atom stereocenters. The molecule has 0 saturated carbocycles. The molecule has 16 heavy (non-hydrogen) atoms. The molecule has 0 atom stereocenters. The highest BCUT2D eigenvalue weighted by molar-refractivity contribution is 6.30. The molecule has 0 aliphatic rings. The number of halogens is 1. The van der Waals surface area contributed by atoms with Crippen molar-refractivity contribution in [3.63, 3.8) is 0 Å². The van der Waals surface area contributed by atoms with Crippen LogP contribution in [0.3, 0.4) is 0 Å². The number of hydrogen-bond acceptors (Lipinski definition) is 2. The molecule has 2 nitrogen and oxygen atoms in total. The molecule has 0 aliphatic heterocycles. The van der Waals surface area contributed by atoms with E-state index < -0.39 is 0 Å². The number of benzene rings is 1. The Morgan fingerprint density at radius 1 is 1.31 bits per heavy atom. The molecule has 90 valence electrons. The summed E-state index contributed by atoms with van der Waals surface area (Å²) in [5.41, 5.74) is 1.11. The summed E-state index contributed by atoms with van der Waals surface area (Å²) in [6.45, 7) is 5.18. The number of methoxy groups -OCH3 is 1. The van der Waals surface area contributed by atoms with Crippen molar-refractivity contribution in [2.45, 2.75) is 39.3 Å². The van der Waals surface area contributed by atoms with Crippen molar-refractivity contribution in [3.05, 3.63) is 28.8 Å². The van der Waals surface area contributed by atoms with Crippen LogP contribution in [0.5, 0.6) is 5.75 Å². The first-order chi connectivity index (χ1) is 7.71. The molecule has 0 heterocycles. The van der Waals surface area contributed by atoms with Gasteiger partial charge in [-0.05, 0) is 31.0 Å². The van der Waals surface area contributed by atoms with Gasteiger partial charge in [0, 0.05) is 23.2 Å². The van der Waals surface area contributed by atoms with E-state index in [0.29, 0.717) is 6.04 Å². The van der Waals surface area contributed by atoms with E-state index >= 15 is 0 Å². The van der Waals surface area contributed by atoms with E-state index in [-0.39, 0.29) is 0 Å². The lowest BCUT2D eigenvalue weighted by molar-refractivity contribution is 0.403. The molecular weight excluding hydrogens is 222 g/mol. The maximum atomic E-state index is 5.97. The second-order valence-corrected chi connectivity index (χ2v) is 4.29. The Kier molecular flexibility index (Phi) is 5.64. The SMILES string of the molecule is CCC(CC)NCc1cc(Cl)ccc1OC. The first-order valence-electron chi connectivity index (χ1n) is 5.77. The van der Waals surface area contributed by atoms with Crippen LogP contribution >= 0.6 is 11.6 Å². The molecule has 1 aromatic rings. The fraction of sp³-hybridized carbons (Fsp3) is 0.538. The molecule has 1 aromatic carbocycles. The summed E-state index contributed by atoms with van der Waals surface area (Å²) in [6, 6.07) is 6.27. The van der Waals surface area contributed by atoms with E-state index in [1.807, 2.05) is 18.2 Å². The molecule has 0 aliphatic carbocycles. The third-order valence-electron chi connectivity index (χ3n) is 2.81. The van der Waals surface area contributed by atoms with E-state index in [9.17, 15) is 0 Å². The molecule has 0 saturated heterocycles. The van der Waals surface area contributed by atoms with Gasteiger partial charge in [0.2, 0.25) is 0 Å². The van der Waals surface area contributed by atoms with Crippen LogP contribution in [0.4, 0.5) is 0 Å². The van der Waals surface area contributed by atoms with Gasteiger partial charge in [-0.3, -0.25) is 0 Å². The molecule has 0 fully saturated rings. The van der Waals surface area contributed by atoms with Crippen LogP contribution in [0.25, 0.3) is 0 Å². The summed E-state index contributed by atoms with van der Waals surface area (Å²) >= 11 is 5.97. The summed E-state index contributed by atoms with van der Waals surface area (Å²) in [5.74, 6) is 0.892. The van der Waals surface area contributed by atoms with Gasteiger partial charge < -0.3 is 10.1 Å². The van der Waals surface area contributed by atoms with E-state index in [4.69, 9.17) is 16.3 Å². The van der Waals surface area contributed by atoms with Crippen molar-refractivity contribution >= 4 is 11.6 Å². The lowest BCUT2D eigenvalue weighted by Crippen LogP contribution is -2.27. The number of ether oxygens (including phenoxy) is 1. The molecular formula is C13H20ClNO. The van der Waals surface area contributed by atoms with Crippen molar-refractivity contribution < 1.29 is 4.74 Å². The van der Waals surface area contributed by atoms with E-state index in [1.165, 1.54) is 0 Å². The number of hydrogen-bond donors (Lipinski definition) is 1. The van der Waals surface area contributed by atoms with Gasteiger partial charge >= 0.3 is 0 Å². The highest BCUT2D eigenvalue weighted by Crippen LogP contribution is 2.22. The Balaban J connectivity index is 2.68. The number of rotatable bonds is 6. The second-order valence-electron chi connectivity index (χ2n) is 3.85. The van der Waals surface area contributed by atoms with Crippen LogP contribution in [0.1, 0.15) is 32.3 Å². The molecule has 0 aromatic heterocycles. The first-order valence-corrected chi connectivity index (χ1v) is 6.14. The summed E-state index contributed by atoms with van der Waals surface area (Å²) in [5, 5.41) is 4.25. The highest BCUT2D eigenvalue weighted by atomic mass is 35.5.